The molecule has 0 amide bonds. The van der Waals surface area contributed by atoms with Gasteiger partial charge < -0.3 is 5.73 Å². The van der Waals surface area contributed by atoms with E-state index in [0.717, 1.165) is 12.8 Å². The highest BCUT2D eigenvalue weighted by Crippen LogP contribution is 2.27. The van der Waals surface area contributed by atoms with Crippen LogP contribution in [0.25, 0.3) is 5.57 Å². The van der Waals surface area contributed by atoms with Crippen LogP contribution in [0.3, 0.4) is 0 Å². The Morgan fingerprint density at radius 1 is 1.31 bits per heavy atom. The van der Waals surface area contributed by atoms with Crippen molar-refractivity contribution in [2.24, 2.45) is 5.73 Å². The summed E-state index contributed by atoms with van der Waals surface area (Å²) in [6, 6.07) is 8.71. The highest BCUT2D eigenvalue weighted by molar-refractivity contribution is 5.73. The number of hydrogen-bond donors (Lipinski definition) is 1. The van der Waals surface area contributed by atoms with Crippen LogP contribution in [0.5, 0.6) is 0 Å². The largest absolute Gasteiger partial charge is 0.324 e. The van der Waals surface area contributed by atoms with Gasteiger partial charge in [0.2, 0.25) is 0 Å². The average molecular weight is 173 g/mol. The van der Waals surface area contributed by atoms with Crippen molar-refractivity contribution in [3.63, 3.8) is 0 Å². The molecule has 1 heteroatoms. The molecule has 0 aliphatic heterocycles. The van der Waals surface area contributed by atoms with E-state index in [2.05, 4.69) is 30.3 Å². The minimum atomic E-state index is 0.154. The van der Waals surface area contributed by atoms with Crippen LogP contribution in [0.15, 0.2) is 30.3 Å². The highest BCUT2D eigenvalue weighted by atomic mass is 14.6. The molecular formula is C12H15N. The van der Waals surface area contributed by atoms with Crippen LogP contribution in [-0.4, -0.2) is 6.04 Å². The van der Waals surface area contributed by atoms with Gasteiger partial charge in [-0.3, -0.25) is 0 Å². The van der Waals surface area contributed by atoms with Crippen molar-refractivity contribution in [1.29, 1.82) is 0 Å². The summed E-state index contributed by atoms with van der Waals surface area (Å²) in [4.78, 5) is 0. The number of nitrogens with two attached hydrogens (primary N) is 1. The Labute approximate surface area is 79.3 Å². The minimum absolute atomic E-state index is 0.154. The van der Waals surface area contributed by atoms with E-state index in [1.165, 1.54) is 16.7 Å². The first kappa shape index (κ1) is 8.52. The zero-order chi connectivity index (χ0) is 9.26. The quantitative estimate of drug-likeness (QED) is 0.693. The molecular weight excluding hydrogens is 158 g/mol. The molecule has 2 rings (SSSR count). The predicted molar refractivity (Wildman–Crippen MR) is 56.4 cm³/mol. The predicted octanol–water partition coefficient (Wildman–Crippen LogP) is 2.36. The Morgan fingerprint density at radius 2 is 2.08 bits per heavy atom. The molecule has 1 aromatic rings. The second-order valence-corrected chi connectivity index (χ2v) is 3.64. The third-order valence-corrected chi connectivity index (χ3v) is 2.60. The van der Waals surface area contributed by atoms with Gasteiger partial charge in [-0.15, -0.1) is 0 Å². The summed E-state index contributed by atoms with van der Waals surface area (Å²) < 4.78 is 0. The van der Waals surface area contributed by atoms with E-state index in [4.69, 9.17) is 5.73 Å². The highest BCUT2D eigenvalue weighted by Gasteiger charge is 2.13. The van der Waals surface area contributed by atoms with E-state index >= 15 is 0 Å². The standard InChI is InChI=1S/C12H15N/c1-9(13)11-8-4-6-10-5-2-3-7-12(10)11/h2-3,5,7-9H,4,6,13H2,1H3. The van der Waals surface area contributed by atoms with E-state index < -0.39 is 0 Å². The van der Waals surface area contributed by atoms with Crippen molar-refractivity contribution in [1.82, 2.24) is 0 Å². The molecule has 0 heterocycles. The number of allylic oxidation sites excluding steroid dienone is 1. The molecule has 1 nitrogen and oxygen atoms in total. The molecule has 0 radical (unpaired) electrons. The molecule has 13 heavy (non-hydrogen) atoms. The van der Waals surface area contributed by atoms with Gasteiger partial charge in [0, 0.05) is 6.04 Å². The van der Waals surface area contributed by atoms with Crippen LogP contribution in [0.4, 0.5) is 0 Å². The van der Waals surface area contributed by atoms with Crippen molar-refractivity contribution < 1.29 is 0 Å². The third-order valence-electron chi connectivity index (χ3n) is 2.60. The summed E-state index contributed by atoms with van der Waals surface area (Å²) in [7, 11) is 0. The third kappa shape index (κ3) is 1.52. The molecule has 0 saturated carbocycles. The maximum atomic E-state index is 5.91. The molecule has 1 unspecified atom stereocenters. The fraction of sp³-hybridized carbons (Fsp3) is 0.333. The zero-order valence-electron chi connectivity index (χ0n) is 7.96. The van der Waals surface area contributed by atoms with Crippen molar-refractivity contribution in [2.75, 3.05) is 0 Å². The van der Waals surface area contributed by atoms with Gasteiger partial charge in [-0.05, 0) is 36.5 Å². The van der Waals surface area contributed by atoms with E-state index in [1.807, 2.05) is 6.92 Å². The first-order valence-corrected chi connectivity index (χ1v) is 4.83. The fourth-order valence-electron chi connectivity index (χ4n) is 1.94. The lowest BCUT2D eigenvalue weighted by Crippen LogP contribution is -2.19. The lowest BCUT2D eigenvalue weighted by atomic mass is 9.88. The number of fused-ring (bicyclic) bond motifs is 1. The average Bonchev–Trinajstić information content (AvgIpc) is 2.17. The van der Waals surface area contributed by atoms with Gasteiger partial charge in [-0.25, -0.2) is 0 Å². The summed E-state index contributed by atoms with van der Waals surface area (Å²) in [5, 5.41) is 0. The second kappa shape index (κ2) is 3.35. The van der Waals surface area contributed by atoms with Crippen molar-refractivity contribution in [2.45, 2.75) is 25.8 Å². The van der Waals surface area contributed by atoms with Gasteiger partial charge in [0.15, 0.2) is 0 Å². The van der Waals surface area contributed by atoms with E-state index in [0.29, 0.717) is 0 Å². The molecule has 68 valence electrons. The van der Waals surface area contributed by atoms with Crippen LogP contribution in [-0.2, 0) is 6.42 Å². The Kier molecular flexibility index (Phi) is 2.19. The molecule has 0 fully saturated rings. The first-order valence-electron chi connectivity index (χ1n) is 4.83. The zero-order valence-corrected chi connectivity index (χ0v) is 7.96. The lowest BCUT2D eigenvalue weighted by molar-refractivity contribution is 0.897. The van der Waals surface area contributed by atoms with E-state index in [9.17, 15) is 0 Å². The summed E-state index contributed by atoms with van der Waals surface area (Å²) in [5.74, 6) is 0. The van der Waals surface area contributed by atoms with Crippen molar-refractivity contribution in [3.05, 3.63) is 41.5 Å². The van der Waals surface area contributed by atoms with Gasteiger partial charge in [0.05, 0.1) is 0 Å². The van der Waals surface area contributed by atoms with E-state index in [-0.39, 0.29) is 6.04 Å². The van der Waals surface area contributed by atoms with Crippen molar-refractivity contribution >= 4 is 5.57 Å². The Balaban J connectivity index is 2.47. The SMILES string of the molecule is CC(N)C1=CCCc2ccccc21. The van der Waals surface area contributed by atoms with Crippen LogP contribution in [0.2, 0.25) is 0 Å². The maximum Gasteiger partial charge on any atom is 0.0268 e. The van der Waals surface area contributed by atoms with Gasteiger partial charge in [-0.2, -0.15) is 0 Å². The van der Waals surface area contributed by atoms with Gasteiger partial charge in [-0.1, -0.05) is 30.3 Å². The minimum Gasteiger partial charge on any atom is -0.324 e. The Morgan fingerprint density at radius 3 is 2.85 bits per heavy atom. The van der Waals surface area contributed by atoms with Crippen LogP contribution >= 0.6 is 0 Å². The monoisotopic (exact) mass is 173 g/mol. The molecule has 0 spiro atoms. The van der Waals surface area contributed by atoms with Crippen molar-refractivity contribution in [3.8, 4) is 0 Å². The summed E-state index contributed by atoms with van der Waals surface area (Å²) >= 11 is 0. The molecule has 0 saturated heterocycles. The first-order chi connectivity index (χ1) is 6.29. The number of hydrogen-bond acceptors (Lipinski definition) is 1. The normalized spacial score (nSPS) is 17.5. The van der Waals surface area contributed by atoms with Gasteiger partial charge in [0.25, 0.3) is 0 Å². The topological polar surface area (TPSA) is 26.0 Å². The molecule has 1 aliphatic carbocycles. The Bertz CT molecular complexity index is 337. The number of benzene rings is 1. The molecule has 1 atom stereocenters. The summed E-state index contributed by atoms with van der Waals surface area (Å²) in [5.41, 5.74) is 10.0. The molecule has 1 aliphatic rings. The Hall–Kier alpha value is -1.08. The number of aryl methyl sites for hydroxylation is 1. The molecule has 1 aromatic carbocycles. The number of rotatable bonds is 1. The lowest BCUT2D eigenvalue weighted by Gasteiger charge is -2.20. The summed E-state index contributed by atoms with van der Waals surface area (Å²) in [6.07, 6.45) is 4.56. The maximum absolute atomic E-state index is 5.91. The van der Waals surface area contributed by atoms with Gasteiger partial charge in [0.1, 0.15) is 0 Å². The summed E-state index contributed by atoms with van der Waals surface area (Å²) in [6.45, 7) is 2.05. The van der Waals surface area contributed by atoms with Crippen LogP contribution < -0.4 is 5.73 Å². The molecule has 2 N–H and O–H groups in total. The smallest absolute Gasteiger partial charge is 0.0268 e. The second-order valence-electron chi connectivity index (χ2n) is 3.64. The van der Waals surface area contributed by atoms with E-state index in [1.54, 1.807) is 0 Å². The molecule has 0 aromatic heterocycles. The molecule has 0 bridgehead atoms. The van der Waals surface area contributed by atoms with Gasteiger partial charge >= 0.3 is 0 Å². The van der Waals surface area contributed by atoms with Crippen LogP contribution in [0.1, 0.15) is 24.5 Å². The van der Waals surface area contributed by atoms with Crippen LogP contribution in [0, 0.1) is 0 Å². The fourth-order valence-corrected chi connectivity index (χ4v) is 1.94.